The van der Waals surface area contributed by atoms with Crippen LogP contribution in [0, 0.1) is 5.92 Å². The minimum absolute atomic E-state index is 0.0322. The van der Waals surface area contributed by atoms with E-state index in [0.29, 0.717) is 13.0 Å². The van der Waals surface area contributed by atoms with E-state index in [0.717, 1.165) is 18.5 Å². The molecule has 0 radical (unpaired) electrons. The molecule has 0 saturated carbocycles. The van der Waals surface area contributed by atoms with Crippen molar-refractivity contribution in [2.24, 2.45) is 5.92 Å². The molecule has 0 aliphatic carbocycles. The van der Waals surface area contributed by atoms with Crippen LogP contribution in [0.1, 0.15) is 43.9 Å². The van der Waals surface area contributed by atoms with Gasteiger partial charge >= 0.3 is 0 Å². The molecule has 0 aromatic heterocycles. The number of rotatable bonds is 7. The Kier molecular flexibility index (Phi) is 7.04. The molecule has 1 aliphatic rings. The van der Waals surface area contributed by atoms with Crippen LogP contribution in [0.15, 0.2) is 48.5 Å². The topological polar surface area (TPSA) is 70.2 Å². The molecule has 29 heavy (non-hydrogen) atoms. The number of hydrogen-bond donors (Lipinski definition) is 3. The maximum atomic E-state index is 12.9. The predicted octanol–water partition coefficient (Wildman–Crippen LogP) is 3.43. The van der Waals surface area contributed by atoms with Crippen molar-refractivity contribution in [3.8, 4) is 0 Å². The highest BCUT2D eigenvalue weighted by Crippen LogP contribution is 2.18. The molecule has 2 aromatic carbocycles. The highest BCUT2D eigenvalue weighted by atomic mass is 16.2. The van der Waals surface area contributed by atoms with Crippen LogP contribution in [-0.2, 0) is 29.0 Å². The van der Waals surface area contributed by atoms with Crippen LogP contribution in [0.5, 0.6) is 0 Å². The Balaban J connectivity index is 1.66. The van der Waals surface area contributed by atoms with Gasteiger partial charge in [0.1, 0.15) is 6.04 Å². The van der Waals surface area contributed by atoms with E-state index in [4.69, 9.17) is 0 Å². The standard InChI is InChI=1S/C24H31N3O2/c1-4-16(3)22(24(29)26-20-12-10-17(5-2)11-13-20)27-23(28)21-14-18-8-6-7-9-19(18)15-25-21/h6-13,16,21-22,25H,4-5,14-15H2,1-3H3,(H,26,29)(H,27,28)/t16-,21-,22-/m1/s1. The summed E-state index contributed by atoms with van der Waals surface area (Å²) in [6.45, 7) is 6.79. The molecule has 3 N–H and O–H groups in total. The lowest BCUT2D eigenvalue weighted by Gasteiger charge is -2.29. The zero-order chi connectivity index (χ0) is 20.8. The van der Waals surface area contributed by atoms with Crippen LogP contribution < -0.4 is 16.0 Å². The molecule has 154 valence electrons. The van der Waals surface area contributed by atoms with Crippen LogP contribution in [0.3, 0.4) is 0 Å². The molecule has 0 spiro atoms. The zero-order valence-corrected chi connectivity index (χ0v) is 17.5. The van der Waals surface area contributed by atoms with E-state index in [9.17, 15) is 9.59 Å². The first-order valence-electron chi connectivity index (χ1n) is 10.5. The van der Waals surface area contributed by atoms with Gasteiger partial charge < -0.3 is 16.0 Å². The van der Waals surface area contributed by atoms with Gasteiger partial charge in [0.05, 0.1) is 6.04 Å². The number of anilines is 1. The second-order valence-electron chi connectivity index (χ2n) is 7.82. The first-order chi connectivity index (χ1) is 14.0. The van der Waals surface area contributed by atoms with E-state index in [2.05, 4.69) is 35.0 Å². The molecule has 0 fully saturated rings. The third kappa shape index (κ3) is 5.24. The van der Waals surface area contributed by atoms with Gasteiger partial charge in [0, 0.05) is 12.2 Å². The van der Waals surface area contributed by atoms with E-state index in [1.807, 2.05) is 50.2 Å². The first-order valence-corrected chi connectivity index (χ1v) is 10.5. The van der Waals surface area contributed by atoms with Crippen molar-refractivity contribution in [3.63, 3.8) is 0 Å². The summed E-state index contributed by atoms with van der Waals surface area (Å²) in [5.74, 6) is -0.265. The Labute approximate surface area is 173 Å². The Bertz CT molecular complexity index is 847. The Morgan fingerprint density at radius 2 is 1.76 bits per heavy atom. The summed E-state index contributed by atoms with van der Waals surface area (Å²) in [5.41, 5.74) is 4.38. The van der Waals surface area contributed by atoms with Gasteiger partial charge in [-0.3, -0.25) is 9.59 Å². The molecule has 5 nitrogen and oxygen atoms in total. The average Bonchev–Trinajstić information content (AvgIpc) is 2.76. The third-order valence-electron chi connectivity index (χ3n) is 5.82. The zero-order valence-electron chi connectivity index (χ0n) is 17.5. The maximum absolute atomic E-state index is 12.9. The fourth-order valence-electron chi connectivity index (χ4n) is 3.64. The highest BCUT2D eigenvalue weighted by molar-refractivity contribution is 5.98. The fraction of sp³-hybridized carbons (Fsp3) is 0.417. The molecule has 0 saturated heterocycles. The summed E-state index contributed by atoms with van der Waals surface area (Å²) in [5, 5.41) is 9.25. The molecule has 0 unspecified atom stereocenters. The maximum Gasteiger partial charge on any atom is 0.247 e. The van der Waals surface area contributed by atoms with Gasteiger partial charge in [0.25, 0.3) is 0 Å². The van der Waals surface area contributed by atoms with E-state index < -0.39 is 6.04 Å². The van der Waals surface area contributed by atoms with E-state index >= 15 is 0 Å². The summed E-state index contributed by atoms with van der Waals surface area (Å²) in [7, 11) is 0. The van der Waals surface area contributed by atoms with E-state index in [-0.39, 0.29) is 23.8 Å². The summed E-state index contributed by atoms with van der Waals surface area (Å²) in [6.07, 6.45) is 2.39. The summed E-state index contributed by atoms with van der Waals surface area (Å²) >= 11 is 0. The minimum atomic E-state index is -0.572. The second-order valence-corrected chi connectivity index (χ2v) is 7.82. The van der Waals surface area contributed by atoms with Crippen molar-refractivity contribution in [1.82, 2.24) is 10.6 Å². The van der Waals surface area contributed by atoms with Gasteiger partial charge in [-0.1, -0.05) is 63.6 Å². The van der Waals surface area contributed by atoms with Crippen LogP contribution in [-0.4, -0.2) is 23.9 Å². The van der Waals surface area contributed by atoms with Crippen molar-refractivity contribution in [1.29, 1.82) is 0 Å². The van der Waals surface area contributed by atoms with Crippen LogP contribution in [0.4, 0.5) is 5.69 Å². The monoisotopic (exact) mass is 393 g/mol. The van der Waals surface area contributed by atoms with Crippen molar-refractivity contribution in [2.75, 3.05) is 5.32 Å². The van der Waals surface area contributed by atoms with Crippen LogP contribution in [0.25, 0.3) is 0 Å². The molecule has 1 heterocycles. The largest absolute Gasteiger partial charge is 0.343 e. The van der Waals surface area contributed by atoms with E-state index in [1.54, 1.807) is 0 Å². The van der Waals surface area contributed by atoms with Crippen molar-refractivity contribution in [3.05, 3.63) is 65.2 Å². The summed E-state index contributed by atoms with van der Waals surface area (Å²) in [4.78, 5) is 25.9. The molecule has 3 atom stereocenters. The van der Waals surface area contributed by atoms with Gasteiger partial charge in [-0.05, 0) is 47.6 Å². The lowest BCUT2D eigenvalue weighted by atomic mass is 9.94. The number of hydrogen-bond acceptors (Lipinski definition) is 3. The van der Waals surface area contributed by atoms with Crippen molar-refractivity contribution >= 4 is 17.5 Å². The number of benzene rings is 2. The normalized spacial score (nSPS) is 17.7. The van der Waals surface area contributed by atoms with Gasteiger partial charge in [-0.25, -0.2) is 0 Å². The third-order valence-corrected chi connectivity index (χ3v) is 5.82. The van der Waals surface area contributed by atoms with E-state index in [1.165, 1.54) is 16.7 Å². The second kappa shape index (κ2) is 9.70. The molecule has 5 heteroatoms. The fourth-order valence-corrected chi connectivity index (χ4v) is 3.64. The van der Waals surface area contributed by atoms with Crippen molar-refractivity contribution < 1.29 is 9.59 Å². The lowest BCUT2D eigenvalue weighted by Crippen LogP contribution is -2.55. The quantitative estimate of drug-likeness (QED) is 0.675. The van der Waals surface area contributed by atoms with Gasteiger partial charge in [0.2, 0.25) is 11.8 Å². The minimum Gasteiger partial charge on any atom is -0.343 e. The number of carbonyl (C=O) groups is 2. The molecule has 3 rings (SSSR count). The number of amides is 2. The highest BCUT2D eigenvalue weighted by Gasteiger charge is 2.30. The predicted molar refractivity (Wildman–Crippen MR) is 117 cm³/mol. The van der Waals surface area contributed by atoms with Gasteiger partial charge in [-0.2, -0.15) is 0 Å². The van der Waals surface area contributed by atoms with Gasteiger partial charge in [0.15, 0.2) is 0 Å². The SMILES string of the molecule is CCc1ccc(NC(=O)[C@H](NC(=O)[C@H]2Cc3ccccc3CN2)[C@H](C)CC)cc1. The smallest absolute Gasteiger partial charge is 0.247 e. The summed E-state index contributed by atoms with van der Waals surface area (Å²) in [6, 6.07) is 15.1. The van der Waals surface area contributed by atoms with Crippen LogP contribution >= 0.6 is 0 Å². The molecular formula is C24H31N3O2. The molecule has 0 bridgehead atoms. The Morgan fingerprint density at radius 1 is 1.07 bits per heavy atom. The first kappa shape index (κ1) is 21.1. The molecule has 1 aliphatic heterocycles. The number of aryl methyl sites for hydroxylation is 1. The Hall–Kier alpha value is -2.66. The number of carbonyl (C=O) groups excluding carboxylic acids is 2. The van der Waals surface area contributed by atoms with Crippen LogP contribution in [0.2, 0.25) is 0 Å². The summed E-state index contributed by atoms with van der Waals surface area (Å²) < 4.78 is 0. The number of nitrogens with one attached hydrogen (secondary N) is 3. The molecular weight excluding hydrogens is 362 g/mol. The molecule has 2 aromatic rings. The molecule has 2 amide bonds. The lowest BCUT2D eigenvalue weighted by molar-refractivity contribution is -0.129. The van der Waals surface area contributed by atoms with Gasteiger partial charge in [-0.15, -0.1) is 0 Å². The number of fused-ring (bicyclic) bond motifs is 1. The van der Waals surface area contributed by atoms with Crippen molar-refractivity contribution in [2.45, 2.75) is 58.7 Å². The average molecular weight is 394 g/mol. The Morgan fingerprint density at radius 3 is 2.41 bits per heavy atom.